The van der Waals surface area contributed by atoms with E-state index in [1.807, 2.05) is 6.07 Å². The summed E-state index contributed by atoms with van der Waals surface area (Å²) in [5.74, 6) is 0. The van der Waals surface area contributed by atoms with Crippen molar-refractivity contribution in [2.24, 2.45) is 0 Å². The molecular formula is C14H17BrN2O. The molecule has 1 spiro atoms. The van der Waals surface area contributed by atoms with Crippen molar-refractivity contribution in [2.75, 3.05) is 5.32 Å². The Kier molecular flexibility index (Phi) is 3.06. The number of fused-ring (bicyclic) bond motifs is 2. The number of anilines is 1. The van der Waals surface area contributed by atoms with Gasteiger partial charge in [-0.1, -0.05) is 37.8 Å². The smallest absolute Gasteiger partial charge is 0.319 e. The molecular weight excluding hydrogens is 292 g/mol. The minimum Gasteiger partial charge on any atom is -0.328 e. The lowest BCUT2D eigenvalue weighted by atomic mass is 9.81. The number of nitrogens with one attached hydrogen (secondary N) is 2. The molecule has 1 aliphatic carbocycles. The molecule has 4 heteroatoms. The number of carbonyl (C=O) groups is 1. The van der Waals surface area contributed by atoms with E-state index in [0.29, 0.717) is 0 Å². The van der Waals surface area contributed by atoms with Crippen molar-refractivity contribution >= 4 is 27.6 Å². The summed E-state index contributed by atoms with van der Waals surface area (Å²) in [5, 5.41) is 6.11. The van der Waals surface area contributed by atoms with Gasteiger partial charge in [-0.15, -0.1) is 0 Å². The third kappa shape index (κ3) is 1.92. The van der Waals surface area contributed by atoms with Gasteiger partial charge in [0.05, 0.1) is 11.2 Å². The van der Waals surface area contributed by atoms with Gasteiger partial charge in [0, 0.05) is 10.0 Å². The third-order valence-electron chi connectivity index (χ3n) is 4.08. The summed E-state index contributed by atoms with van der Waals surface area (Å²) in [5.41, 5.74) is 2.03. The van der Waals surface area contributed by atoms with E-state index in [9.17, 15) is 4.79 Å². The number of hydrogen-bond acceptors (Lipinski definition) is 1. The second-order valence-electron chi connectivity index (χ2n) is 5.24. The molecule has 3 rings (SSSR count). The lowest BCUT2D eigenvalue weighted by Crippen LogP contribution is -2.51. The molecule has 1 saturated carbocycles. The Morgan fingerprint density at radius 1 is 1.11 bits per heavy atom. The van der Waals surface area contributed by atoms with E-state index in [0.717, 1.165) is 23.0 Å². The first-order valence-corrected chi connectivity index (χ1v) is 7.39. The van der Waals surface area contributed by atoms with Crippen LogP contribution in [0, 0.1) is 0 Å². The Labute approximate surface area is 115 Å². The topological polar surface area (TPSA) is 41.1 Å². The van der Waals surface area contributed by atoms with Gasteiger partial charge in [-0.3, -0.25) is 0 Å². The average molecular weight is 309 g/mol. The molecule has 3 nitrogen and oxygen atoms in total. The van der Waals surface area contributed by atoms with Crippen LogP contribution in [0.5, 0.6) is 0 Å². The molecule has 1 aliphatic heterocycles. The van der Waals surface area contributed by atoms with Crippen molar-refractivity contribution in [3.63, 3.8) is 0 Å². The molecule has 1 aromatic carbocycles. The van der Waals surface area contributed by atoms with E-state index < -0.39 is 0 Å². The highest BCUT2D eigenvalue weighted by Crippen LogP contribution is 2.43. The van der Waals surface area contributed by atoms with Crippen molar-refractivity contribution in [1.82, 2.24) is 5.32 Å². The maximum Gasteiger partial charge on any atom is 0.319 e. The maximum absolute atomic E-state index is 11.9. The van der Waals surface area contributed by atoms with Crippen LogP contribution in [0.25, 0.3) is 0 Å². The Bertz CT molecular complexity index is 479. The molecule has 0 aromatic heterocycles. The molecule has 96 valence electrons. The summed E-state index contributed by atoms with van der Waals surface area (Å²) in [6, 6.07) is 6.10. The van der Waals surface area contributed by atoms with Crippen LogP contribution in [0.1, 0.15) is 44.1 Å². The number of rotatable bonds is 0. The van der Waals surface area contributed by atoms with Crippen molar-refractivity contribution in [1.29, 1.82) is 0 Å². The zero-order valence-corrected chi connectivity index (χ0v) is 11.8. The van der Waals surface area contributed by atoms with Gasteiger partial charge in [0.2, 0.25) is 0 Å². The van der Waals surface area contributed by atoms with Crippen LogP contribution in [0.15, 0.2) is 22.7 Å². The summed E-state index contributed by atoms with van der Waals surface area (Å²) >= 11 is 3.54. The maximum atomic E-state index is 11.9. The highest BCUT2D eigenvalue weighted by molar-refractivity contribution is 9.10. The largest absolute Gasteiger partial charge is 0.328 e. The molecule has 2 N–H and O–H groups in total. The summed E-state index contributed by atoms with van der Waals surface area (Å²) in [6.45, 7) is 0. The Morgan fingerprint density at radius 2 is 1.83 bits per heavy atom. The molecule has 1 fully saturated rings. The van der Waals surface area contributed by atoms with Gasteiger partial charge in [0.25, 0.3) is 0 Å². The van der Waals surface area contributed by atoms with E-state index in [1.54, 1.807) is 0 Å². The van der Waals surface area contributed by atoms with Crippen LogP contribution in [-0.4, -0.2) is 6.03 Å². The summed E-state index contributed by atoms with van der Waals surface area (Å²) in [7, 11) is 0. The zero-order chi connectivity index (χ0) is 12.6. The van der Waals surface area contributed by atoms with Crippen LogP contribution in [-0.2, 0) is 5.54 Å². The first-order valence-electron chi connectivity index (χ1n) is 6.59. The van der Waals surface area contributed by atoms with Crippen LogP contribution < -0.4 is 10.6 Å². The number of benzene rings is 1. The number of halogens is 1. The second-order valence-corrected chi connectivity index (χ2v) is 6.09. The first kappa shape index (κ1) is 12.0. The summed E-state index contributed by atoms with van der Waals surface area (Å²) in [6.07, 6.45) is 7.01. The third-order valence-corrected chi connectivity index (χ3v) is 4.74. The predicted octanol–water partition coefficient (Wildman–Crippen LogP) is 4.13. The molecule has 1 aromatic rings. The molecule has 0 bridgehead atoms. The standard InChI is InChI=1S/C14H17BrN2O/c15-11-7-5-6-10-12(11)16-13(18)17-14(10)8-3-1-2-4-9-14/h5-7H,1-4,8-9H2,(H2,16,17,18). The molecule has 18 heavy (non-hydrogen) atoms. The highest BCUT2D eigenvalue weighted by Gasteiger charge is 2.39. The number of hydrogen-bond donors (Lipinski definition) is 2. The van der Waals surface area contributed by atoms with Gasteiger partial charge in [-0.2, -0.15) is 0 Å². The molecule has 1 heterocycles. The number of carbonyl (C=O) groups excluding carboxylic acids is 1. The monoisotopic (exact) mass is 308 g/mol. The number of para-hydroxylation sites is 1. The normalized spacial score (nSPS) is 21.7. The number of urea groups is 1. The van der Waals surface area contributed by atoms with Gasteiger partial charge in [0.1, 0.15) is 0 Å². The van der Waals surface area contributed by atoms with Crippen LogP contribution in [0.3, 0.4) is 0 Å². The predicted molar refractivity (Wildman–Crippen MR) is 75.7 cm³/mol. The van der Waals surface area contributed by atoms with Gasteiger partial charge < -0.3 is 10.6 Å². The van der Waals surface area contributed by atoms with Crippen molar-refractivity contribution in [3.05, 3.63) is 28.2 Å². The molecule has 0 atom stereocenters. The fraction of sp³-hybridized carbons (Fsp3) is 0.500. The van der Waals surface area contributed by atoms with Crippen molar-refractivity contribution < 1.29 is 4.79 Å². The fourth-order valence-electron chi connectivity index (χ4n) is 3.21. The van der Waals surface area contributed by atoms with Gasteiger partial charge in [0.15, 0.2) is 0 Å². The molecule has 2 aliphatic rings. The quantitative estimate of drug-likeness (QED) is 0.743. The summed E-state index contributed by atoms with van der Waals surface area (Å²) < 4.78 is 0.971. The van der Waals surface area contributed by atoms with Gasteiger partial charge in [-0.25, -0.2) is 4.79 Å². The van der Waals surface area contributed by atoms with E-state index in [4.69, 9.17) is 0 Å². The molecule has 0 radical (unpaired) electrons. The van der Waals surface area contributed by atoms with E-state index in [-0.39, 0.29) is 11.6 Å². The SMILES string of the molecule is O=C1Nc2c(Br)cccc2C2(CCCCCC2)N1. The minimum atomic E-state index is -0.155. The fourth-order valence-corrected chi connectivity index (χ4v) is 3.67. The first-order chi connectivity index (χ1) is 8.71. The average Bonchev–Trinajstić information content (AvgIpc) is 2.57. The molecule has 0 saturated heterocycles. The van der Waals surface area contributed by atoms with Gasteiger partial charge >= 0.3 is 6.03 Å². The second kappa shape index (κ2) is 4.57. The Morgan fingerprint density at radius 3 is 2.56 bits per heavy atom. The molecule has 0 unspecified atom stereocenters. The summed E-state index contributed by atoms with van der Waals surface area (Å²) in [4.78, 5) is 11.9. The minimum absolute atomic E-state index is 0.0729. The van der Waals surface area contributed by atoms with E-state index in [1.165, 1.54) is 31.2 Å². The van der Waals surface area contributed by atoms with Crippen molar-refractivity contribution in [3.8, 4) is 0 Å². The lowest BCUT2D eigenvalue weighted by Gasteiger charge is -2.40. The Balaban J connectivity index is 2.11. The van der Waals surface area contributed by atoms with Crippen LogP contribution >= 0.6 is 15.9 Å². The van der Waals surface area contributed by atoms with E-state index >= 15 is 0 Å². The van der Waals surface area contributed by atoms with E-state index in [2.05, 4.69) is 38.7 Å². The highest BCUT2D eigenvalue weighted by atomic mass is 79.9. The zero-order valence-electron chi connectivity index (χ0n) is 10.3. The Hall–Kier alpha value is -1.03. The van der Waals surface area contributed by atoms with Crippen LogP contribution in [0.4, 0.5) is 10.5 Å². The van der Waals surface area contributed by atoms with Crippen molar-refractivity contribution in [2.45, 2.75) is 44.1 Å². The van der Waals surface area contributed by atoms with Crippen LogP contribution in [0.2, 0.25) is 0 Å². The number of amides is 2. The lowest BCUT2D eigenvalue weighted by molar-refractivity contribution is 0.225. The molecule has 2 amide bonds. The van der Waals surface area contributed by atoms with Gasteiger partial charge in [-0.05, 0) is 34.8 Å².